The zero-order chi connectivity index (χ0) is 43.6. The fourth-order valence-corrected chi connectivity index (χ4v) is 329. The van der Waals surface area contributed by atoms with Crippen LogP contribution in [0, 0.1) is 27.7 Å². The van der Waals surface area contributed by atoms with Crippen LogP contribution in [0.3, 0.4) is 0 Å². The summed E-state index contributed by atoms with van der Waals surface area (Å²) in [6, 6.07) is 42.1. The minimum atomic E-state index is -2.65. The van der Waals surface area contributed by atoms with Crippen molar-refractivity contribution in [3.63, 3.8) is 0 Å². The number of aryl methyl sites for hydroxylation is 4. The monoisotopic (exact) mass is 877 g/mol. The van der Waals surface area contributed by atoms with E-state index in [1.807, 2.05) is 0 Å². The molecular weight excluding hydrogens is 793 g/mol. The lowest BCUT2D eigenvalue weighted by molar-refractivity contribution is 0.870. The normalized spacial score (nSPS) is 21.0. The molecule has 1 fully saturated rings. The lowest BCUT2D eigenvalue weighted by atomic mass is 10.2. The fraction of sp³-hybridized carbons (Fsp3) is 0.538. The Bertz CT molecular complexity index is 1730. The van der Waals surface area contributed by atoms with E-state index in [0.717, 1.165) is 22.2 Å². The van der Waals surface area contributed by atoms with Gasteiger partial charge in [0.25, 0.3) is 0 Å². The molecule has 6 heteroatoms. The van der Waals surface area contributed by atoms with Gasteiger partial charge in [0.15, 0.2) is 0 Å². The fourth-order valence-electron chi connectivity index (χ4n) is 17.1. The van der Waals surface area contributed by atoms with Crippen molar-refractivity contribution in [2.24, 2.45) is 0 Å². The Hall–Kier alpha value is -1.82. The highest BCUT2D eigenvalue weighted by Gasteiger charge is 3.00. The van der Waals surface area contributed by atoms with Crippen LogP contribution >= 0.6 is 0 Å². The van der Waals surface area contributed by atoms with Crippen LogP contribution in [0.2, 0.25) is 44.3 Å². The Morgan fingerprint density at radius 3 is 0.569 bits per heavy atom. The highest BCUT2D eigenvalue weighted by atomic mass is 30.4. The van der Waals surface area contributed by atoms with Gasteiger partial charge in [0.2, 0.25) is 0 Å². The summed E-state index contributed by atoms with van der Waals surface area (Å²) in [7, 11) is -9.79. The Kier molecular flexibility index (Phi) is 13.7. The first-order chi connectivity index (χ1) is 27.0. The van der Waals surface area contributed by atoms with Crippen LogP contribution in [0.4, 0.5) is 0 Å². The molecule has 1 aliphatic heterocycles. The summed E-state index contributed by atoms with van der Waals surface area (Å²) in [5.41, 5.74) is 11.1. The molecule has 1 saturated heterocycles. The summed E-state index contributed by atoms with van der Waals surface area (Å²) >= 11 is 0. The first-order valence-electron chi connectivity index (χ1n) is 23.3. The minimum Gasteiger partial charge on any atom is -0.0658 e. The first-order valence-corrected chi connectivity index (χ1v) is 42.0. The van der Waals surface area contributed by atoms with Crippen molar-refractivity contribution in [3.8, 4) is 0 Å². The molecule has 4 aromatic carbocycles. The van der Waals surface area contributed by atoms with E-state index in [-0.39, 0.29) is 0 Å². The van der Waals surface area contributed by atoms with Gasteiger partial charge in [-0.2, -0.15) is 0 Å². The summed E-state index contributed by atoms with van der Waals surface area (Å²) in [6.07, 6.45) is 0. The van der Waals surface area contributed by atoms with Crippen LogP contribution in [0.1, 0.15) is 133 Å². The molecule has 0 aliphatic carbocycles. The van der Waals surface area contributed by atoms with Gasteiger partial charge >= 0.3 is 0 Å². The standard InChI is InChI=1S/C52H84Si6/c1-37(2)53(49-29-21-45(17)22-30-49,50-31-23-46(18)24-32-50)57(43(13)14)55(39(5)6,40(7)8)56(41(9)10,42(11)12)58(57,44(15)16)54(38(3)4,51-33-25-47(19)26-34-51)52-35-27-48(20)28-36-52/h21-44H,1-20H3. The molecule has 0 spiro atoms. The molecule has 0 N–H and O–H groups in total. The third kappa shape index (κ3) is 5.68. The zero-order valence-corrected chi connectivity index (χ0v) is 46.9. The molecule has 0 radical (unpaired) electrons. The number of hydrogen-bond donors (Lipinski definition) is 0. The van der Waals surface area contributed by atoms with Gasteiger partial charge in [-0.05, 0) is 38.8 Å². The lowest BCUT2D eigenvalue weighted by Crippen LogP contribution is -3.23. The molecule has 1 heterocycles. The van der Waals surface area contributed by atoms with Crippen LogP contribution in [-0.4, -0.2) is 42.7 Å². The highest BCUT2D eigenvalue weighted by Crippen LogP contribution is 2.77. The van der Waals surface area contributed by atoms with Gasteiger partial charge in [0.1, 0.15) is 15.2 Å². The van der Waals surface area contributed by atoms with E-state index in [1.165, 1.54) is 22.3 Å². The largest absolute Gasteiger partial charge is 0.108 e. The van der Waals surface area contributed by atoms with Crippen molar-refractivity contribution in [3.05, 3.63) is 119 Å². The number of rotatable bonds is 14. The smallest absolute Gasteiger partial charge is 0.0658 e. The van der Waals surface area contributed by atoms with Gasteiger partial charge in [-0.15, -0.1) is 0 Å². The molecule has 0 amide bonds. The molecule has 316 valence electrons. The van der Waals surface area contributed by atoms with E-state index >= 15 is 0 Å². The van der Waals surface area contributed by atoms with E-state index in [0.29, 0.717) is 22.2 Å². The number of hydrogen-bond acceptors (Lipinski definition) is 0. The molecule has 58 heavy (non-hydrogen) atoms. The third-order valence-electron chi connectivity index (χ3n) is 17.0. The van der Waals surface area contributed by atoms with Crippen LogP contribution in [0.25, 0.3) is 0 Å². The van der Waals surface area contributed by atoms with Gasteiger partial charge in [0.05, 0.1) is 0 Å². The summed E-state index contributed by atoms with van der Waals surface area (Å²) in [6.45, 7) is 49.5. The second-order valence-electron chi connectivity index (χ2n) is 21.7. The molecule has 5 rings (SSSR count). The van der Waals surface area contributed by atoms with Crippen LogP contribution in [0.15, 0.2) is 97.1 Å². The molecule has 2 unspecified atom stereocenters. The second kappa shape index (κ2) is 16.8. The predicted octanol–water partition coefficient (Wildman–Crippen LogP) is 13.3. The third-order valence-corrected chi connectivity index (χ3v) is 176. The van der Waals surface area contributed by atoms with Crippen molar-refractivity contribution in [2.75, 3.05) is 0 Å². The van der Waals surface area contributed by atoms with Gasteiger partial charge in [0, 0.05) is 27.5 Å². The maximum atomic E-state index is 2.89. The molecule has 0 nitrogen and oxygen atoms in total. The lowest BCUT2D eigenvalue weighted by Gasteiger charge is -2.93. The van der Waals surface area contributed by atoms with E-state index in [1.54, 1.807) is 20.7 Å². The Morgan fingerprint density at radius 1 is 0.276 bits per heavy atom. The topological polar surface area (TPSA) is 0 Å². The van der Waals surface area contributed by atoms with Gasteiger partial charge in [-0.1, -0.05) is 284 Å². The van der Waals surface area contributed by atoms with Crippen molar-refractivity contribution in [1.82, 2.24) is 0 Å². The van der Waals surface area contributed by atoms with Crippen LogP contribution in [0.5, 0.6) is 0 Å². The van der Waals surface area contributed by atoms with Gasteiger partial charge < -0.3 is 0 Å². The SMILES string of the molecule is Cc1ccc([Si](c2ccc(C)cc2)(C(C)C)[Si]2(C(C)C)[Si](C(C)C)(C(C)C)[Si](C(C)C)(C(C)C)[Si]2(C(C)C)[Si](c2ccc(C)cc2)(c2ccc(C)cc2)C(C)C)cc1. The summed E-state index contributed by atoms with van der Waals surface area (Å²) in [5.74, 6) is 0. The Labute approximate surface area is 363 Å². The second-order valence-corrected chi connectivity index (χ2v) is 84.0. The average Bonchev–Trinajstić information content (AvgIpc) is 3.12. The van der Waals surface area contributed by atoms with E-state index in [4.69, 9.17) is 0 Å². The molecule has 0 bridgehead atoms. The maximum absolute atomic E-state index is 2.89. The highest BCUT2D eigenvalue weighted by molar-refractivity contribution is 8.33. The summed E-state index contributed by atoms with van der Waals surface area (Å²) in [4.78, 5) is 0. The van der Waals surface area contributed by atoms with E-state index in [9.17, 15) is 0 Å². The molecule has 0 aromatic heterocycles. The predicted molar refractivity (Wildman–Crippen MR) is 279 cm³/mol. The molecule has 1 aliphatic rings. The van der Waals surface area contributed by atoms with E-state index < -0.39 is 42.7 Å². The quantitative estimate of drug-likeness (QED) is 0.111. The van der Waals surface area contributed by atoms with Crippen LogP contribution in [-0.2, 0) is 0 Å². The zero-order valence-electron chi connectivity index (χ0n) is 40.9. The maximum Gasteiger partial charge on any atom is 0.108 e. The van der Waals surface area contributed by atoms with Crippen LogP contribution < -0.4 is 20.7 Å². The summed E-state index contributed by atoms with van der Waals surface area (Å²) < 4.78 is 0. The molecule has 4 aromatic rings. The van der Waals surface area contributed by atoms with E-state index in [2.05, 4.69) is 236 Å². The van der Waals surface area contributed by atoms with Crippen molar-refractivity contribution >= 4 is 63.4 Å². The number of benzene rings is 4. The Balaban J connectivity index is 2.40. The van der Waals surface area contributed by atoms with Gasteiger partial charge in [-0.25, -0.2) is 0 Å². The molecular formula is C52H84Si6. The molecule has 0 saturated carbocycles. The van der Waals surface area contributed by atoms with Crippen molar-refractivity contribution in [1.29, 1.82) is 0 Å². The molecule has 2 atom stereocenters. The van der Waals surface area contributed by atoms with Crippen molar-refractivity contribution in [2.45, 2.75) is 183 Å². The summed E-state index contributed by atoms with van der Waals surface area (Å²) in [5, 5.41) is 7.18. The minimum absolute atomic E-state index is 0.586. The van der Waals surface area contributed by atoms with Crippen molar-refractivity contribution < 1.29 is 0 Å². The Morgan fingerprint density at radius 2 is 0.448 bits per heavy atom. The first kappa shape index (κ1) is 47.2. The average molecular weight is 878 g/mol. The van der Waals surface area contributed by atoms with Gasteiger partial charge in [-0.3, -0.25) is 0 Å².